The SMILES string of the molecule is Cc1nc(C#N)c(N2CCN(C(=O)CN3CCCC(C)C3)CC2)o1. The fraction of sp³-hybridized carbons (Fsp3) is 0.706. The van der Waals surface area contributed by atoms with Crippen LogP contribution >= 0.6 is 0 Å². The Morgan fingerprint density at radius 1 is 1.33 bits per heavy atom. The maximum Gasteiger partial charge on any atom is 0.236 e. The second-order valence-electron chi connectivity index (χ2n) is 6.85. The van der Waals surface area contributed by atoms with E-state index in [9.17, 15) is 4.79 Å². The number of nitriles is 1. The number of oxazole rings is 1. The summed E-state index contributed by atoms with van der Waals surface area (Å²) in [4.78, 5) is 22.8. The van der Waals surface area contributed by atoms with Crippen LogP contribution in [0.1, 0.15) is 31.4 Å². The molecule has 7 nitrogen and oxygen atoms in total. The van der Waals surface area contributed by atoms with Gasteiger partial charge in [-0.05, 0) is 25.3 Å². The zero-order chi connectivity index (χ0) is 17.1. The average Bonchev–Trinajstić information content (AvgIpc) is 2.96. The van der Waals surface area contributed by atoms with Gasteiger partial charge in [0.1, 0.15) is 6.07 Å². The second-order valence-corrected chi connectivity index (χ2v) is 6.85. The van der Waals surface area contributed by atoms with E-state index < -0.39 is 0 Å². The highest BCUT2D eigenvalue weighted by Gasteiger charge is 2.27. The molecule has 0 aromatic carbocycles. The lowest BCUT2D eigenvalue weighted by molar-refractivity contribution is -0.133. The van der Waals surface area contributed by atoms with Crippen LogP contribution in [0.2, 0.25) is 0 Å². The molecule has 7 heteroatoms. The van der Waals surface area contributed by atoms with Crippen LogP contribution in [0.3, 0.4) is 0 Å². The van der Waals surface area contributed by atoms with E-state index in [0.717, 1.165) is 13.1 Å². The van der Waals surface area contributed by atoms with Gasteiger partial charge in [0, 0.05) is 39.6 Å². The Bertz CT molecular complexity index is 627. The van der Waals surface area contributed by atoms with E-state index in [1.54, 1.807) is 6.92 Å². The molecule has 0 spiro atoms. The van der Waals surface area contributed by atoms with Crippen LogP contribution < -0.4 is 4.90 Å². The molecule has 0 saturated carbocycles. The molecule has 2 fully saturated rings. The summed E-state index contributed by atoms with van der Waals surface area (Å²) in [6, 6.07) is 2.07. The van der Waals surface area contributed by atoms with Crippen molar-refractivity contribution in [2.75, 3.05) is 50.7 Å². The Hall–Kier alpha value is -2.07. The van der Waals surface area contributed by atoms with Gasteiger partial charge in [0.25, 0.3) is 0 Å². The summed E-state index contributed by atoms with van der Waals surface area (Å²) in [5.41, 5.74) is 0.328. The number of amides is 1. The van der Waals surface area contributed by atoms with Crippen LogP contribution in [0.4, 0.5) is 5.88 Å². The summed E-state index contributed by atoms with van der Waals surface area (Å²) in [6.45, 7) is 9.23. The van der Waals surface area contributed by atoms with Gasteiger partial charge in [0.2, 0.25) is 17.5 Å². The highest BCUT2D eigenvalue weighted by Crippen LogP contribution is 2.23. The molecular formula is C17H25N5O2. The van der Waals surface area contributed by atoms with E-state index in [4.69, 9.17) is 9.68 Å². The zero-order valence-electron chi connectivity index (χ0n) is 14.5. The van der Waals surface area contributed by atoms with Gasteiger partial charge in [-0.3, -0.25) is 9.69 Å². The fourth-order valence-corrected chi connectivity index (χ4v) is 3.58. The minimum absolute atomic E-state index is 0.206. The molecular weight excluding hydrogens is 306 g/mol. The first-order valence-electron chi connectivity index (χ1n) is 8.69. The summed E-state index contributed by atoms with van der Waals surface area (Å²) in [5.74, 6) is 1.92. The standard InChI is InChI=1S/C17H25N5O2/c1-13-4-3-5-20(11-13)12-16(23)21-6-8-22(9-7-21)17-15(10-18)19-14(2)24-17/h13H,3-9,11-12H2,1-2H3. The van der Waals surface area contributed by atoms with Gasteiger partial charge in [-0.15, -0.1) is 0 Å². The van der Waals surface area contributed by atoms with E-state index in [0.29, 0.717) is 56.1 Å². The van der Waals surface area contributed by atoms with Gasteiger partial charge in [-0.1, -0.05) is 6.92 Å². The molecule has 1 aromatic rings. The molecule has 0 radical (unpaired) electrons. The van der Waals surface area contributed by atoms with Crippen molar-refractivity contribution in [2.24, 2.45) is 5.92 Å². The van der Waals surface area contributed by atoms with Crippen molar-refractivity contribution in [3.05, 3.63) is 11.6 Å². The van der Waals surface area contributed by atoms with Crippen LogP contribution in [0.5, 0.6) is 0 Å². The van der Waals surface area contributed by atoms with Crippen LogP contribution in [-0.4, -0.2) is 66.5 Å². The quantitative estimate of drug-likeness (QED) is 0.829. The van der Waals surface area contributed by atoms with Crippen molar-refractivity contribution in [2.45, 2.75) is 26.7 Å². The van der Waals surface area contributed by atoms with Crippen molar-refractivity contribution in [3.63, 3.8) is 0 Å². The minimum atomic E-state index is 0.206. The van der Waals surface area contributed by atoms with Gasteiger partial charge in [0.15, 0.2) is 5.89 Å². The number of rotatable bonds is 3. The maximum absolute atomic E-state index is 12.5. The van der Waals surface area contributed by atoms with Gasteiger partial charge in [0.05, 0.1) is 6.54 Å². The van der Waals surface area contributed by atoms with E-state index in [2.05, 4.69) is 22.9 Å². The number of likely N-dealkylation sites (tertiary alicyclic amines) is 1. The molecule has 1 unspecified atom stereocenters. The van der Waals surface area contributed by atoms with Crippen LogP contribution in [0.15, 0.2) is 4.42 Å². The largest absolute Gasteiger partial charge is 0.424 e. The molecule has 0 bridgehead atoms. The van der Waals surface area contributed by atoms with Crippen molar-refractivity contribution in [1.82, 2.24) is 14.8 Å². The third kappa shape index (κ3) is 3.70. The number of anilines is 1. The van der Waals surface area contributed by atoms with E-state index in [-0.39, 0.29) is 5.91 Å². The number of aromatic nitrogens is 1. The summed E-state index contributed by atoms with van der Waals surface area (Å²) in [7, 11) is 0. The second kappa shape index (κ2) is 7.22. The molecule has 1 atom stereocenters. The van der Waals surface area contributed by atoms with E-state index >= 15 is 0 Å². The molecule has 2 aliphatic heterocycles. The Morgan fingerprint density at radius 3 is 2.75 bits per heavy atom. The third-order valence-corrected chi connectivity index (χ3v) is 4.84. The Balaban J connectivity index is 1.53. The first-order valence-corrected chi connectivity index (χ1v) is 8.69. The number of carbonyl (C=O) groups is 1. The Labute approximate surface area is 142 Å². The molecule has 1 amide bonds. The van der Waals surface area contributed by atoms with Gasteiger partial charge >= 0.3 is 0 Å². The lowest BCUT2D eigenvalue weighted by Gasteiger charge is -2.37. The summed E-state index contributed by atoms with van der Waals surface area (Å²) < 4.78 is 5.55. The Morgan fingerprint density at radius 2 is 2.08 bits per heavy atom. The predicted octanol–water partition coefficient (Wildman–Crippen LogP) is 1.24. The summed E-state index contributed by atoms with van der Waals surface area (Å²) in [6.07, 6.45) is 2.45. The average molecular weight is 331 g/mol. The molecule has 3 rings (SSSR count). The third-order valence-electron chi connectivity index (χ3n) is 4.84. The fourth-order valence-electron chi connectivity index (χ4n) is 3.58. The summed E-state index contributed by atoms with van der Waals surface area (Å²) in [5, 5.41) is 9.14. The number of hydrogen-bond acceptors (Lipinski definition) is 6. The predicted molar refractivity (Wildman–Crippen MR) is 89.6 cm³/mol. The Kier molecular flexibility index (Phi) is 5.05. The molecule has 2 saturated heterocycles. The molecule has 130 valence electrons. The topological polar surface area (TPSA) is 76.6 Å². The molecule has 24 heavy (non-hydrogen) atoms. The van der Waals surface area contributed by atoms with Crippen LogP contribution in [-0.2, 0) is 4.79 Å². The number of aryl methyl sites for hydroxylation is 1. The number of carbonyl (C=O) groups excluding carboxylic acids is 1. The lowest BCUT2D eigenvalue weighted by Crippen LogP contribution is -2.52. The summed E-state index contributed by atoms with van der Waals surface area (Å²) >= 11 is 0. The van der Waals surface area contributed by atoms with Crippen molar-refractivity contribution in [1.29, 1.82) is 5.26 Å². The van der Waals surface area contributed by atoms with Gasteiger partial charge in [-0.2, -0.15) is 5.26 Å². The van der Waals surface area contributed by atoms with Crippen molar-refractivity contribution in [3.8, 4) is 6.07 Å². The number of hydrogen-bond donors (Lipinski definition) is 0. The number of piperazine rings is 1. The smallest absolute Gasteiger partial charge is 0.236 e. The number of nitrogens with zero attached hydrogens (tertiary/aromatic N) is 5. The maximum atomic E-state index is 12.5. The first kappa shape index (κ1) is 16.8. The normalized spacial score (nSPS) is 22.5. The van der Waals surface area contributed by atoms with Crippen LogP contribution in [0, 0.1) is 24.2 Å². The zero-order valence-corrected chi connectivity index (χ0v) is 14.5. The lowest BCUT2D eigenvalue weighted by atomic mass is 10.0. The molecule has 0 aliphatic carbocycles. The van der Waals surface area contributed by atoms with Crippen molar-refractivity contribution >= 4 is 11.8 Å². The number of piperidine rings is 1. The minimum Gasteiger partial charge on any atom is -0.424 e. The van der Waals surface area contributed by atoms with Crippen molar-refractivity contribution < 1.29 is 9.21 Å². The molecule has 3 heterocycles. The van der Waals surface area contributed by atoms with Gasteiger partial charge < -0.3 is 14.2 Å². The van der Waals surface area contributed by atoms with Crippen LogP contribution in [0.25, 0.3) is 0 Å². The molecule has 0 N–H and O–H groups in total. The highest BCUT2D eigenvalue weighted by molar-refractivity contribution is 5.78. The molecule has 1 aromatic heterocycles. The van der Waals surface area contributed by atoms with E-state index in [1.165, 1.54) is 12.8 Å². The van der Waals surface area contributed by atoms with Gasteiger partial charge in [-0.25, -0.2) is 4.98 Å². The van der Waals surface area contributed by atoms with E-state index in [1.807, 2.05) is 9.80 Å². The molecule has 2 aliphatic rings. The first-order chi connectivity index (χ1) is 11.6. The monoisotopic (exact) mass is 331 g/mol. The highest BCUT2D eigenvalue weighted by atomic mass is 16.4.